The maximum Gasteiger partial charge on any atom is 0.157 e. The minimum absolute atomic E-state index is 0.109. The molecule has 0 saturated heterocycles. The van der Waals surface area contributed by atoms with Crippen LogP contribution in [0.1, 0.15) is 19.4 Å². The van der Waals surface area contributed by atoms with E-state index in [-0.39, 0.29) is 11.5 Å². The second-order valence-electron chi connectivity index (χ2n) is 3.85. The zero-order valence-electron chi connectivity index (χ0n) is 9.03. The molecule has 0 aromatic heterocycles. The molecule has 1 aromatic rings. The zero-order chi connectivity index (χ0) is 11.3. The SMILES string of the molecule is CC(C)CONCc1ccc(O)c(O)c1. The molecule has 0 saturated carbocycles. The van der Waals surface area contributed by atoms with E-state index in [1.165, 1.54) is 12.1 Å². The molecule has 0 amide bonds. The van der Waals surface area contributed by atoms with Crippen molar-refractivity contribution >= 4 is 0 Å². The molecule has 84 valence electrons. The average molecular weight is 211 g/mol. The molecule has 0 fully saturated rings. The number of phenols is 2. The van der Waals surface area contributed by atoms with Crippen LogP contribution < -0.4 is 5.48 Å². The second-order valence-corrected chi connectivity index (χ2v) is 3.85. The van der Waals surface area contributed by atoms with Crippen molar-refractivity contribution in [2.45, 2.75) is 20.4 Å². The Bertz CT molecular complexity index is 313. The fourth-order valence-electron chi connectivity index (χ4n) is 1.04. The minimum atomic E-state index is -0.113. The Morgan fingerprint density at radius 3 is 2.60 bits per heavy atom. The standard InChI is InChI=1S/C11H17NO3/c1-8(2)7-15-12-6-9-3-4-10(13)11(14)5-9/h3-5,8,12-14H,6-7H2,1-2H3. The van der Waals surface area contributed by atoms with Crippen LogP contribution in [0.3, 0.4) is 0 Å². The molecule has 0 aliphatic heterocycles. The van der Waals surface area contributed by atoms with Crippen molar-refractivity contribution < 1.29 is 15.1 Å². The van der Waals surface area contributed by atoms with Gasteiger partial charge in [-0.05, 0) is 23.6 Å². The van der Waals surface area contributed by atoms with E-state index in [9.17, 15) is 5.11 Å². The predicted octanol–water partition coefficient (Wildman–Crippen LogP) is 1.78. The Morgan fingerprint density at radius 2 is 2.00 bits per heavy atom. The van der Waals surface area contributed by atoms with Crippen LogP contribution in [0.2, 0.25) is 0 Å². The number of hydroxylamine groups is 1. The Balaban J connectivity index is 2.35. The van der Waals surface area contributed by atoms with Gasteiger partial charge in [-0.15, -0.1) is 0 Å². The van der Waals surface area contributed by atoms with Crippen molar-refractivity contribution in [1.82, 2.24) is 5.48 Å². The van der Waals surface area contributed by atoms with Crippen LogP contribution >= 0.6 is 0 Å². The van der Waals surface area contributed by atoms with Gasteiger partial charge < -0.3 is 15.1 Å². The molecule has 15 heavy (non-hydrogen) atoms. The lowest BCUT2D eigenvalue weighted by atomic mass is 10.2. The Kier molecular flexibility index (Phi) is 4.39. The molecule has 0 heterocycles. The molecule has 1 aromatic carbocycles. The summed E-state index contributed by atoms with van der Waals surface area (Å²) >= 11 is 0. The fourth-order valence-corrected chi connectivity index (χ4v) is 1.04. The number of rotatable bonds is 5. The molecule has 1 rings (SSSR count). The molecule has 0 atom stereocenters. The topological polar surface area (TPSA) is 61.7 Å². The van der Waals surface area contributed by atoms with Gasteiger partial charge in [-0.2, -0.15) is 5.48 Å². The van der Waals surface area contributed by atoms with E-state index in [2.05, 4.69) is 19.3 Å². The molecule has 0 aliphatic rings. The maximum absolute atomic E-state index is 9.23. The maximum atomic E-state index is 9.23. The van der Waals surface area contributed by atoms with E-state index in [4.69, 9.17) is 9.94 Å². The van der Waals surface area contributed by atoms with Gasteiger partial charge in [0.1, 0.15) is 0 Å². The van der Waals surface area contributed by atoms with Crippen LogP contribution in [-0.2, 0) is 11.4 Å². The van der Waals surface area contributed by atoms with Gasteiger partial charge in [0.25, 0.3) is 0 Å². The van der Waals surface area contributed by atoms with Crippen LogP contribution in [0.4, 0.5) is 0 Å². The number of hydrogen-bond donors (Lipinski definition) is 3. The highest BCUT2D eigenvalue weighted by atomic mass is 16.6. The van der Waals surface area contributed by atoms with Crippen LogP contribution in [0.15, 0.2) is 18.2 Å². The van der Waals surface area contributed by atoms with Crippen LogP contribution in [0.25, 0.3) is 0 Å². The molecule has 3 N–H and O–H groups in total. The summed E-state index contributed by atoms with van der Waals surface area (Å²) in [5.74, 6) is 0.255. The highest BCUT2D eigenvalue weighted by Crippen LogP contribution is 2.24. The number of phenolic OH excluding ortho intramolecular Hbond substituents is 2. The van der Waals surface area contributed by atoms with Crippen molar-refractivity contribution in [2.75, 3.05) is 6.61 Å². The smallest absolute Gasteiger partial charge is 0.157 e. The van der Waals surface area contributed by atoms with Gasteiger partial charge in [-0.25, -0.2) is 0 Å². The molecule has 0 radical (unpaired) electrons. The normalized spacial score (nSPS) is 10.9. The van der Waals surface area contributed by atoms with Crippen molar-refractivity contribution in [2.24, 2.45) is 5.92 Å². The number of benzene rings is 1. The van der Waals surface area contributed by atoms with E-state index in [1.54, 1.807) is 6.07 Å². The molecular weight excluding hydrogens is 194 g/mol. The van der Waals surface area contributed by atoms with E-state index >= 15 is 0 Å². The van der Waals surface area contributed by atoms with Gasteiger partial charge >= 0.3 is 0 Å². The van der Waals surface area contributed by atoms with Crippen LogP contribution in [0.5, 0.6) is 11.5 Å². The first kappa shape index (κ1) is 11.8. The van der Waals surface area contributed by atoms with Gasteiger partial charge in [0, 0.05) is 6.54 Å². The third-order valence-corrected chi connectivity index (χ3v) is 1.83. The monoisotopic (exact) mass is 211 g/mol. The van der Waals surface area contributed by atoms with E-state index < -0.39 is 0 Å². The molecule has 4 nitrogen and oxygen atoms in total. The highest BCUT2D eigenvalue weighted by Gasteiger charge is 2.00. The summed E-state index contributed by atoms with van der Waals surface area (Å²) in [7, 11) is 0. The van der Waals surface area contributed by atoms with E-state index in [1.807, 2.05) is 0 Å². The first-order valence-corrected chi connectivity index (χ1v) is 4.95. The lowest BCUT2D eigenvalue weighted by Crippen LogP contribution is -2.17. The van der Waals surface area contributed by atoms with Crippen molar-refractivity contribution in [1.29, 1.82) is 0 Å². The van der Waals surface area contributed by atoms with Crippen molar-refractivity contribution in [3.8, 4) is 11.5 Å². The van der Waals surface area contributed by atoms with E-state index in [0.717, 1.165) is 5.56 Å². The number of aromatic hydroxyl groups is 2. The van der Waals surface area contributed by atoms with Gasteiger partial charge in [-0.3, -0.25) is 0 Å². The second kappa shape index (κ2) is 5.58. The Morgan fingerprint density at radius 1 is 1.27 bits per heavy atom. The summed E-state index contributed by atoms with van der Waals surface area (Å²) < 4.78 is 0. The molecule has 0 bridgehead atoms. The first-order chi connectivity index (χ1) is 7.09. The molecule has 4 heteroatoms. The molecular formula is C11H17NO3. The zero-order valence-corrected chi connectivity index (χ0v) is 9.03. The van der Waals surface area contributed by atoms with Gasteiger partial charge in [0.05, 0.1) is 6.61 Å². The quantitative estimate of drug-likeness (QED) is 0.394. The summed E-state index contributed by atoms with van der Waals surface area (Å²) in [4.78, 5) is 5.17. The van der Waals surface area contributed by atoms with Gasteiger partial charge in [-0.1, -0.05) is 19.9 Å². The minimum Gasteiger partial charge on any atom is -0.504 e. The number of hydrogen-bond acceptors (Lipinski definition) is 4. The summed E-state index contributed by atoms with van der Waals surface area (Å²) in [5.41, 5.74) is 3.64. The fraction of sp³-hybridized carbons (Fsp3) is 0.455. The Hall–Kier alpha value is -1.26. The lowest BCUT2D eigenvalue weighted by Gasteiger charge is -2.08. The van der Waals surface area contributed by atoms with E-state index in [0.29, 0.717) is 19.1 Å². The third kappa shape index (κ3) is 4.18. The van der Waals surface area contributed by atoms with Crippen LogP contribution in [-0.4, -0.2) is 16.8 Å². The summed E-state index contributed by atoms with van der Waals surface area (Å²) in [5, 5.41) is 18.3. The van der Waals surface area contributed by atoms with Gasteiger partial charge in [0.15, 0.2) is 11.5 Å². The summed E-state index contributed by atoms with van der Waals surface area (Å²) in [6, 6.07) is 4.68. The average Bonchev–Trinajstić information content (AvgIpc) is 2.18. The van der Waals surface area contributed by atoms with Crippen LogP contribution in [0, 0.1) is 5.92 Å². The third-order valence-electron chi connectivity index (χ3n) is 1.83. The molecule has 0 spiro atoms. The first-order valence-electron chi connectivity index (χ1n) is 4.95. The summed E-state index contributed by atoms with van der Waals surface area (Å²) in [6.45, 7) is 5.27. The number of nitrogens with one attached hydrogen (secondary N) is 1. The molecule has 0 unspecified atom stereocenters. The Labute approximate surface area is 89.5 Å². The van der Waals surface area contributed by atoms with Crippen molar-refractivity contribution in [3.63, 3.8) is 0 Å². The van der Waals surface area contributed by atoms with Gasteiger partial charge in [0.2, 0.25) is 0 Å². The van der Waals surface area contributed by atoms with Crippen molar-refractivity contribution in [3.05, 3.63) is 23.8 Å². The predicted molar refractivity (Wildman–Crippen MR) is 57.4 cm³/mol. The largest absolute Gasteiger partial charge is 0.504 e. The lowest BCUT2D eigenvalue weighted by molar-refractivity contribution is 0.0196. The summed E-state index contributed by atoms with van der Waals surface area (Å²) in [6.07, 6.45) is 0. The highest BCUT2D eigenvalue weighted by molar-refractivity contribution is 5.40. The molecule has 0 aliphatic carbocycles.